The van der Waals surface area contributed by atoms with Crippen LogP contribution in [0.5, 0.6) is 0 Å². The predicted octanol–water partition coefficient (Wildman–Crippen LogP) is 5.68. The van der Waals surface area contributed by atoms with E-state index < -0.39 is 30.0 Å². The third-order valence-corrected chi connectivity index (χ3v) is 11.8. The van der Waals surface area contributed by atoms with Gasteiger partial charge in [-0.3, -0.25) is 9.52 Å². The van der Waals surface area contributed by atoms with Gasteiger partial charge in [0.15, 0.2) is 9.84 Å². The zero-order chi connectivity index (χ0) is 28.9. The van der Waals surface area contributed by atoms with Crippen molar-refractivity contribution in [3.63, 3.8) is 0 Å². The summed E-state index contributed by atoms with van der Waals surface area (Å²) in [7, 11) is -7.18. The summed E-state index contributed by atoms with van der Waals surface area (Å²) in [6.07, 6.45) is 4.57. The van der Waals surface area contributed by atoms with Gasteiger partial charge in [0.1, 0.15) is 0 Å². The highest BCUT2D eigenvalue weighted by atomic mass is 32.2. The van der Waals surface area contributed by atoms with Crippen molar-refractivity contribution in [1.82, 2.24) is 0 Å². The lowest BCUT2D eigenvalue weighted by Crippen LogP contribution is -2.36. The lowest BCUT2D eigenvalue weighted by molar-refractivity contribution is 0.102. The van der Waals surface area contributed by atoms with E-state index in [1.807, 2.05) is 20.8 Å². The van der Waals surface area contributed by atoms with E-state index in [9.17, 15) is 21.6 Å². The average Bonchev–Trinajstić information content (AvgIpc) is 3.56. The molecule has 1 saturated heterocycles. The van der Waals surface area contributed by atoms with Gasteiger partial charge in [-0.2, -0.15) is 0 Å². The minimum absolute atomic E-state index is 0.00999. The van der Waals surface area contributed by atoms with Crippen LogP contribution in [0.15, 0.2) is 47.4 Å². The summed E-state index contributed by atoms with van der Waals surface area (Å²) >= 11 is 0. The van der Waals surface area contributed by atoms with Gasteiger partial charge in [0.2, 0.25) is 10.0 Å². The summed E-state index contributed by atoms with van der Waals surface area (Å²) in [5.41, 5.74) is 1.88. The van der Waals surface area contributed by atoms with E-state index in [1.165, 1.54) is 18.9 Å². The van der Waals surface area contributed by atoms with E-state index >= 15 is 0 Å². The van der Waals surface area contributed by atoms with Crippen molar-refractivity contribution in [2.45, 2.75) is 76.9 Å². The minimum atomic E-state index is -3.65. The Hall–Kier alpha value is -2.59. The molecular weight excluding hydrogens is 534 g/mol. The van der Waals surface area contributed by atoms with Crippen molar-refractivity contribution in [2.75, 3.05) is 33.8 Å². The number of sulfone groups is 1. The van der Waals surface area contributed by atoms with Gasteiger partial charge in [-0.15, -0.1) is 0 Å². The highest BCUT2D eigenvalue weighted by Gasteiger charge is 2.44. The number of nitrogens with one attached hydrogen (secondary N) is 2. The maximum atomic E-state index is 13.5. The molecule has 1 aliphatic heterocycles. The van der Waals surface area contributed by atoms with Crippen molar-refractivity contribution in [1.29, 1.82) is 0 Å². The normalized spacial score (nSPS) is 17.6. The topological polar surface area (TPSA) is 113 Å². The van der Waals surface area contributed by atoms with Gasteiger partial charge >= 0.3 is 0 Å². The lowest BCUT2D eigenvalue weighted by atomic mass is 9.93. The van der Waals surface area contributed by atoms with Crippen LogP contribution in [0.4, 0.5) is 17.1 Å². The fraction of sp³-hybridized carbons (Fsp3) is 0.552. The molecule has 2 N–H and O–H groups in total. The number of rotatable bonds is 7. The Bertz CT molecular complexity index is 1450. The smallest absolute Gasteiger partial charge is 0.257 e. The van der Waals surface area contributed by atoms with Crippen LogP contribution in [0, 0.1) is 10.8 Å². The molecule has 0 unspecified atom stereocenters. The fourth-order valence-electron chi connectivity index (χ4n) is 4.87. The fourth-order valence-corrected chi connectivity index (χ4v) is 7.52. The first-order chi connectivity index (χ1) is 17.9. The number of nitrogens with zero attached hydrogens (tertiary/aromatic N) is 1. The van der Waals surface area contributed by atoms with E-state index in [0.29, 0.717) is 28.0 Å². The van der Waals surface area contributed by atoms with E-state index in [-0.39, 0.29) is 16.6 Å². The Balaban J connectivity index is 1.63. The zero-order valence-electron chi connectivity index (χ0n) is 23.8. The summed E-state index contributed by atoms with van der Waals surface area (Å²) in [4.78, 5) is 15.8. The molecule has 0 aromatic heterocycles. The standard InChI is InChI=1S/C29H41N3O5S2/c1-27(2,3)20-38(34,35)23-9-7-8-21(18-23)30-26(33)24-11-10-22(31-39(36,37)28(4,5)6)19-25(24)32-16-14-29(12-13-29)15-17-32/h7-11,18-19,31H,12-17,20H2,1-6H3,(H,30,33). The Kier molecular flexibility index (Phi) is 7.62. The summed E-state index contributed by atoms with van der Waals surface area (Å²) in [5, 5.41) is 2.86. The molecule has 1 heterocycles. The molecule has 2 aromatic rings. The number of benzene rings is 2. The highest BCUT2D eigenvalue weighted by molar-refractivity contribution is 7.94. The van der Waals surface area contributed by atoms with Crippen LogP contribution in [-0.4, -0.2) is 46.3 Å². The molecular formula is C29H41N3O5S2. The Labute approximate surface area is 233 Å². The van der Waals surface area contributed by atoms with E-state index in [2.05, 4.69) is 14.9 Å². The van der Waals surface area contributed by atoms with Gasteiger partial charge in [0.05, 0.1) is 32.3 Å². The number of hydrogen-bond acceptors (Lipinski definition) is 6. The molecule has 10 heteroatoms. The molecule has 1 spiro atoms. The summed E-state index contributed by atoms with van der Waals surface area (Å²) in [6.45, 7) is 12.1. The largest absolute Gasteiger partial charge is 0.371 e. The van der Waals surface area contributed by atoms with Crippen LogP contribution in [0.1, 0.15) is 77.6 Å². The molecule has 0 radical (unpaired) electrons. The van der Waals surface area contributed by atoms with Crippen molar-refractivity contribution in [3.05, 3.63) is 48.0 Å². The molecule has 0 bridgehead atoms. The second-order valence-corrected chi connectivity index (χ2v) is 17.7. The third-order valence-electron chi connectivity index (χ3n) is 7.50. The number of carbonyl (C=O) groups is 1. The molecule has 8 nitrogen and oxygen atoms in total. The van der Waals surface area contributed by atoms with Gasteiger partial charge in [-0.25, -0.2) is 16.8 Å². The van der Waals surface area contributed by atoms with Crippen LogP contribution < -0.4 is 14.9 Å². The van der Waals surface area contributed by atoms with Crippen LogP contribution in [0.2, 0.25) is 0 Å². The molecule has 1 amide bonds. The minimum Gasteiger partial charge on any atom is -0.371 e. The SMILES string of the molecule is CC(C)(C)CS(=O)(=O)c1cccc(NC(=O)c2ccc(NS(=O)(=O)C(C)(C)C)cc2N2CCC3(CC2)CC3)c1. The van der Waals surface area contributed by atoms with Crippen LogP contribution >= 0.6 is 0 Å². The van der Waals surface area contributed by atoms with Gasteiger partial charge in [-0.1, -0.05) is 26.8 Å². The molecule has 2 aliphatic rings. The number of piperidine rings is 1. The number of amides is 1. The molecule has 1 aliphatic carbocycles. The maximum Gasteiger partial charge on any atom is 0.257 e. The monoisotopic (exact) mass is 575 g/mol. The summed E-state index contributed by atoms with van der Waals surface area (Å²) in [6, 6.07) is 11.3. The molecule has 0 atom stereocenters. The van der Waals surface area contributed by atoms with Crippen LogP contribution in [0.25, 0.3) is 0 Å². The molecule has 4 rings (SSSR count). The van der Waals surface area contributed by atoms with E-state index in [1.54, 1.807) is 57.2 Å². The van der Waals surface area contributed by atoms with Crippen molar-refractivity contribution in [2.24, 2.45) is 10.8 Å². The van der Waals surface area contributed by atoms with Gasteiger partial charge in [0.25, 0.3) is 5.91 Å². The van der Waals surface area contributed by atoms with Crippen LogP contribution in [0.3, 0.4) is 0 Å². The zero-order valence-corrected chi connectivity index (χ0v) is 25.4. The predicted molar refractivity (Wildman–Crippen MR) is 158 cm³/mol. The van der Waals surface area contributed by atoms with Gasteiger partial charge in [-0.05, 0) is 93.7 Å². The summed E-state index contributed by atoms with van der Waals surface area (Å²) < 4.78 is 53.1. The molecule has 39 heavy (non-hydrogen) atoms. The summed E-state index contributed by atoms with van der Waals surface area (Å²) in [5.74, 6) is -0.392. The van der Waals surface area contributed by atoms with Gasteiger partial charge in [0, 0.05) is 18.8 Å². The number of sulfonamides is 1. The Morgan fingerprint density at radius 2 is 1.51 bits per heavy atom. The third kappa shape index (κ3) is 6.95. The molecule has 2 fully saturated rings. The highest BCUT2D eigenvalue weighted by Crippen LogP contribution is 2.54. The van der Waals surface area contributed by atoms with Crippen molar-refractivity contribution >= 4 is 42.8 Å². The first kappa shape index (κ1) is 29.4. The molecule has 1 saturated carbocycles. The van der Waals surface area contributed by atoms with Crippen molar-refractivity contribution < 1.29 is 21.6 Å². The molecule has 214 valence electrons. The number of carbonyl (C=O) groups excluding carboxylic acids is 1. The second-order valence-electron chi connectivity index (χ2n) is 13.2. The van der Waals surface area contributed by atoms with Crippen molar-refractivity contribution in [3.8, 4) is 0 Å². The van der Waals surface area contributed by atoms with Gasteiger partial charge < -0.3 is 10.2 Å². The van der Waals surface area contributed by atoms with E-state index in [4.69, 9.17) is 0 Å². The second kappa shape index (κ2) is 10.1. The first-order valence-electron chi connectivity index (χ1n) is 13.5. The lowest BCUT2D eigenvalue weighted by Gasteiger charge is -2.35. The first-order valence-corrected chi connectivity index (χ1v) is 16.6. The Morgan fingerprint density at radius 1 is 0.872 bits per heavy atom. The quantitative estimate of drug-likeness (QED) is 0.439. The maximum absolute atomic E-state index is 13.5. The number of anilines is 3. The Morgan fingerprint density at radius 3 is 2.08 bits per heavy atom. The average molecular weight is 576 g/mol. The number of hydrogen-bond donors (Lipinski definition) is 2. The van der Waals surface area contributed by atoms with Crippen LogP contribution in [-0.2, 0) is 19.9 Å². The van der Waals surface area contributed by atoms with E-state index in [0.717, 1.165) is 25.9 Å². The molecule has 2 aromatic carbocycles.